The van der Waals surface area contributed by atoms with Crippen LogP contribution in [0.4, 0.5) is 0 Å². The van der Waals surface area contributed by atoms with E-state index < -0.39 is 0 Å². The maximum Gasteiger partial charge on any atom is 0.323 e. The predicted octanol–water partition coefficient (Wildman–Crippen LogP) is 0.519. The van der Waals surface area contributed by atoms with Crippen LogP contribution in [0.2, 0.25) is 0 Å². The van der Waals surface area contributed by atoms with E-state index in [0.29, 0.717) is 19.6 Å². The summed E-state index contributed by atoms with van der Waals surface area (Å²) >= 11 is 5.78. The lowest BCUT2D eigenvalue weighted by Crippen LogP contribution is -2.32. The third kappa shape index (κ3) is 2.34. The van der Waals surface area contributed by atoms with Gasteiger partial charge >= 0.3 is 5.97 Å². The Morgan fingerprint density at radius 1 is 1.82 bits per heavy atom. The zero-order valence-electron chi connectivity index (χ0n) is 6.47. The summed E-state index contributed by atoms with van der Waals surface area (Å²) in [6.07, 6.45) is 0.681. The van der Waals surface area contributed by atoms with Crippen LogP contribution in [0.3, 0.4) is 0 Å². The molecule has 1 aliphatic heterocycles. The van der Waals surface area contributed by atoms with Crippen LogP contribution < -0.4 is 5.32 Å². The predicted molar refractivity (Wildman–Crippen MR) is 42.7 cm³/mol. The minimum atomic E-state index is -0.185. The highest BCUT2D eigenvalue weighted by molar-refractivity contribution is 6.21. The van der Waals surface area contributed by atoms with Gasteiger partial charge in [0.2, 0.25) is 0 Å². The highest BCUT2D eigenvalue weighted by atomic mass is 35.5. The molecule has 0 spiro atoms. The maximum atomic E-state index is 11.0. The first-order valence-electron chi connectivity index (χ1n) is 3.78. The van der Waals surface area contributed by atoms with E-state index in [9.17, 15) is 4.79 Å². The first-order chi connectivity index (χ1) is 5.24. The summed E-state index contributed by atoms with van der Waals surface area (Å²) in [5, 5.41) is 3.06. The van der Waals surface area contributed by atoms with Gasteiger partial charge in [-0.2, -0.15) is 0 Å². The third-order valence-corrected chi connectivity index (χ3v) is 1.98. The van der Waals surface area contributed by atoms with E-state index in [1.807, 2.05) is 0 Å². The van der Waals surface area contributed by atoms with Gasteiger partial charge in [0.25, 0.3) is 0 Å². The molecule has 2 atom stereocenters. The summed E-state index contributed by atoms with van der Waals surface area (Å²) < 4.78 is 4.81. The molecule has 1 saturated heterocycles. The number of nitrogens with one attached hydrogen (secondary N) is 1. The number of esters is 1. The minimum absolute atomic E-state index is 0.0735. The number of ether oxygens (including phenoxy) is 1. The van der Waals surface area contributed by atoms with Gasteiger partial charge in [-0.15, -0.1) is 11.6 Å². The van der Waals surface area contributed by atoms with Crippen molar-refractivity contribution in [1.82, 2.24) is 5.32 Å². The Kier molecular flexibility index (Phi) is 3.15. The molecule has 3 nitrogen and oxygen atoms in total. The van der Waals surface area contributed by atoms with Gasteiger partial charge in [-0.25, -0.2) is 0 Å². The van der Waals surface area contributed by atoms with Crippen molar-refractivity contribution in [3.8, 4) is 0 Å². The summed E-state index contributed by atoms with van der Waals surface area (Å²) in [4.78, 5) is 11.0. The van der Waals surface area contributed by atoms with Gasteiger partial charge < -0.3 is 10.1 Å². The van der Waals surface area contributed by atoms with Gasteiger partial charge in [-0.1, -0.05) is 0 Å². The average molecular weight is 178 g/mol. The molecule has 1 heterocycles. The smallest absolute Gasteiger partial charge is 0.323 e. The van der Waals surface area contributed by atoms with Crippen LogP contribution in [0.5, 0.6) is 0 Å². The number of alkyl halides is 1. The molecule has 0 aliphatic carbocycles. The first kappa shape index (κ1) is 8.81. The van der Waals surface area contributed by atoms with Crippen molar-refractivity contribution < 1.29 is 9.53 Å². The van der Waals surface area contributed by atoms with Gasteiger partial charge in [0.1, 0.15) is 6.04 Å². The molecule has 1 N–H and O–H groups in total. The van der Waals surface area contributed by atoms with E-state index in [4.69, 9.17) is 16.3 Å². The number of hydrogen-bond donors (Lipinski definition) is 1. The fraction of sp³-hybridized carbons (Fsp3) is 0.857. The van der Waals surface area contributed by atoms with Crippen LogP contribution in [0.15, 0.2) is 0 Å². The second kappa shape index (κ2) is 3.93. The van der Waals surface area contributed by atoms with Crippen LogP contribution >= 0.6 is 11.6 Å². The van der Waals surface area contributed by atoms with Crippen LogP contribution in [0, 0.1) is 0 Å². The highest BCUT2D eigenvalue weighted by Crippen LogP contribution is 2.13. The summed E-state index contributed by atoms with van der Waals surface area (Å²) in [5.74, 6) is -0.185. The first-order valence-corrected chi connectivity index (χ1v) is 4.21. The Balaban J connectivity index is 2.31. The van der Waals surface area contributed by atoms with Gasteiger partial charge in [-0.3, -0.25) is 4.79 Å². The minimum Gasteiger partial charge on any atom is -0.465 e. The lowest BCUT2D eigenvalue weighted by Gasteiger charge is -2.07. The second-order valence-corrected chi connectivity index (χ2v) is 3.16. The van der Waals surface area contributed by atoms with E-state index in [1.165, 1.54) is 0 Å². The molecule has 0 aromatic carbocycles. The second-order valence-electron chi connectivity index (χ2n) is 2.55. The van der Waals surface area contributed by atoms with Crippen molar-refractivity contribution in [3.05, 3.63) is 0 Å². The molecule has 0 saturated carbocycles. The summed E-state index contributed by atoms with van der Waals surface area (Å²) in [6.45, 7) is 2.93. The fourth-order valence-electron chi connectivity index (χ4n) is 1.11. The van der Waals surface area contributed by atoms with Crippen LogP contribution in [0.1, 0.15) is 13.3 Å². The molecule has 1 aliphatic rings. The van der Waals surface area contributed by atoms with Crippen molar-refractivity contribution in [2.45, 2.75) is 24.8 Å². The van der Waals surface area contributed by atoms with E-state index in [-0.39, 0.29) is 17.4 Å². The van der Waals surface area contributed by atoms with Crippen LogP contribution in [-0.4, -0.2) is 30.5 Å². The Morgan fingerprint density at radius 3 is 3.00 bits per heavy atom. The molecule has 11 heavy (non-hydrogen) atoms. The molecule has 2 unspecified atom stereocenters. The van der Waals surface area contributed by atoms with Crippen molar-refractivity contribution >= 4 is 17.6 Å². The zero-order valence-corrected chi connectivity index (χ0v) is 7.23. The topological polar surface area (TPSA) is 38.3 Å². The number of carbonyl (C=O) groups excluding carboxylic acids is 1. The molecule has 0 radical (unpaired) electrons. The normalized spacial score (nSPS) is 30.4. The van der Waals surface area contributed by atoms with E-state index >= 15 is 0 Å². The highest BCUT2D eigenvalue weighted by Gasteiger charge is 2.28. The molecule has 1 rings (SSSR count). The summed E-state index contributed by atoms with van der Waals surface area (Å²) in [6, 6.07) is -0.183. The number of rotatable bonds is 2. The third-order valence-electron chi connectivity index (χ3n) is 1.65. The summed E-state index contributed by atoms with van der Waals surface area (Å²) in [5.41, 5.74) is 0. The standard InChI is InChI=1S/C7H12ClNO2/c1-2-11-7(10)6-3-5(8)4-9-6/h5-6,9H,2-4H2,1H3. The Labute approximate surface area is 71.1 Å². The van der Waals surface area contributed by atoms with Crippen molar-refractivity contribution in [3.63, 3.8) is 0 Å². The molecular weight excluding hydrogens is 166 g/mol. The molecule has 1 fully saturated rings. The monoisotopic (exact) mass is 177 g/mol. The summed E-state index contributed by atoms with van der Waals surface area (Å²) in [7, 11) is 0. The van der Waals surface area contributed by atoms with Gasteiger partial charge in [0.15, 0.2) is 0 Å². The quantitative estimate of drug-likeness (QED) is 0.494. The number of carbonyl (C=O) groups is 1. The lowest BCUT2D eigenvalue weighted by atomic mass is 10.2. The van der Waals surface area contributed by atoms with Crippen LogP contribution in [0.25, 0.3) is 0 Å². The molecule has 0 amide bonds. The molecule has 0 bridgehead atoms. The molecule has 0 aromatic rings. The van der Waals surface area contributed by atoms with Gasteiger partial charge in [0.05, 0.1) is 6.61 Å². The fourth-order valence-corrected chi connectivity index (χ4v) is 1.38. The van der Waals surface area contributed by atoms with E-state index in [2.05, 4.69) is 5.32 Å². The molecule has 4 heteroatoms. The zero-order chi connectivity index (χ0) is 8.27. The average Bonchev–Trinajstić information content (AvgIpc) is 2.36. The van der Waals surface area contributed by atoms with E-state index in [0.717, 1.165) is 0 Å². The lowest BCUT2D eigenvalue weighted by molar-refractivity contribution is -0.145. The number of halogens is 1. The maximum absolute atomic E-state index is 11.0. The Morgan fingerprint density at radius 2 is 2.55 bits per heavy atom. The molecule has 0 aromatic heterocycles. The molecule has 64 valence electrons. The SMILES string of the molecule is CCOC(=O)C1CC(Cl)CN1. The van der Waals surface area contributed by atoms with Crippen molar-refractivity contribution in [2.75, 3.05) is 13.2 Å². The Hall–Kier alpha value is -0.280. The largest absolute Gasteiger partial charge is 0.465 e. The van der Waals surface area contributed by atoms with Gasteiger partial charge in [0, 0.05) is 11.9 Å². The van der Waals surface area contributed by atoms with Crippen LogP contribution in [-0.2, 0) is 9.53 Å². The Bertz CT molecular complexity index is 151. The van der Waals surface area contributed by atoms with E-state index in [1.54, 1.807) is 6.92 Å². The van der Waals surface area contributed by atoms with Crippen molar-refractivity contribution in [2.24, 2.45) is 0 Å². The molecular formula is C7H12ClNO2. The number of hydrogen-bond acceptors (Lipinski definition) is 3. The van der Waals surface area contributed by atoms with Gasteiger partial charge in [-0.05, 0) is 13.3 Å². The van der Waals surface area contributed by atoms with Crippen molar-refractivity contribution in [1.29, 1.82) is 0 Å².